The molecular formula is C11H15ClO. The van der Waals surface area contributed by atoms with E-state index in [-0.39, 0.29) is 0 Å². The van der Waals surface area contributed by atoms with Crippen molar-refractivity contribution in [3.05, 3.63) is 28.8 Å². The van der Waals surface area contributed by atoms with Crippen molar-refractivity contribution in [1.82, 2.24) is 0 Å². The van der Waals surface area contributed by atoms with Crippen LogP contribution < -0.4 is 4.74 Å². The van der Waals surface area contributed by atoms with Crippen molar-refractivity contribution in [3.63, 3.8) is 0 Å². The lowest BCUT2D eigenvalue weighted by Gasteiger charge is -2.11. The second-order valence-corrected chi connectivity index (χ2v) is 3.60. The SMILES string of the molecule is CCC(C)c1ccc(OC)cc1Cl. The molecule has 0 spiro atoms. The number of hydrogen-bond donors (Lipinski definition) is 0. The molecule has 1 aromatic carbocycles. The molecule has 0 saturated carbocycles. The van der Waals surface area contributed by atoms with E-state index in [2.05, 4.69) is 13.8 Å². The molecule has 1 aromatic rings. The van der Waals surface area contributed by atoms with Crippen LogP contribution in [0.3, 0.4) is 0 Å². The van der Waals surface area contributed by atoms with Crippen molar-refractivity contribution >= 4 is 11.6 Å². The molecule has 0 aliphatic carbocycles. The van der Waals surface area contributed by atoms with Gasteiger partial charge in [0, 0.05) is 5.02 Å². The molecule has 0 fully saturated rings. The molecule has 0 N–H and O–H groups in total. The summed E-state index contributed by atoms with van der Waals surface area (Å²) in [7, 11) is 1.65. The largest absolute Gasteiger partial charge is 0.497 e. The van der Waals surface area contributed by atoms with Crippen LogP contribution in [0.1, 0.15) is 31.7 Å². The third-order valence-corrected chi connectivity index (χ3v) is 2.68. The Morgan fingerprint density at radius 1 is 1.46 bits per heavy atom. The van der Waals surface area contributed by atoms with Crippen LogP contribution in [-0.2, 0) is 0 Å². The van der Waals surface area contributed by atoms with E-state index >= 15 is 0 Å². The number of hydrogen-bond acceptors (Lipinski definition) is 1. The summed E-state index contributed by atoms with van der Waals surface area (Å²) in [6.45, 7) is 4.33. The van der Waals surface area contributed by atoms with Gasteiger partial charge in [-0.3, -0.25) is 0 Å². The Morgan fingerprint density at radius 3 is 2.62 bits per heavy atom. The number of methoxy groups -OCH3 is 1. The fourth-order valence-electron chi connectivity index (χ4n) is 1.25. The molecule has 1 rings (SSSR count). The molecule has 13 heavy (non-hydrogen) atoms. The van der Waals surface area contributed by atoms with Crippen molar-refractivity contribution in [1.29, 1.82) is 0 Å². The van der Waals surface area contributed by atoms with Gasteiger partial charge in [-0.15, -0.1) is 0 Å². The van der Waals surface area contributed by atoms with Gasteiger partial charge in [0.25, 0.3) is 0 Å². The summed E-state index contributed by atoms with van der Waals surface area (Å²) >= 11 is 6.10. The monoisotopic (exact) mass is 198 g/mol. The van der Waals surface area contributed by atoms with Crippen LogP contribution in [0.4, 0.5) is 0 Å². The van der Waals surface area contributed by atoms with Crippen molar-refractivity contribution in [3.8, 4) is 5.75 Å². The summed E-state index contributed by atoms with van der Waals surface area (Å²) in [6.07, 6.45) is 1.10. The van der Waals surface area contributed by atoms with Crippen molar-refractivity contribution in [2.75, 3.05) is 7.11 Å². The first-order valence-electron chi connectivity index (χ1n) is 4.52. The van der Waals surface area contributed by atoms with Gasteiger partial charge in [0.2, 0.25) is 0 Å². The molecule has 0 aromatic heterocycles. The molecule has 2 heteroatoms. The maximum Gasteiger partial charge on any atom is 0.120 e. The second-order valence-electron chi connectivity index (χ2n) is 3.20. The van der Waals surface area contributed by atoms with E-state index in [1.165, 1.54) is 5.56 Å². The summed E-state index contributed by atoms with van der Waals surface area (Å²) in [5, 5.41) is 0.800. The molecule has 1 unspecified atom stereocenters. The maximum atomic E-state index is 6.10. The molecule has 0 aliphatic heterocycles. The smallest absolute Gasteiger partial charge is 0.120 e. The molecule has 1 nitrogen and oxygen atoms in total. The molecule has 0 amide bonds. The Morgan fingerprint density at radius 2 is 2.15 bits per heavy atom. The molecule has 1 atom stereocenters. The van der Waals surface area contributed by atoms with Crippen LogP contribution in [0.5, 0.6) is 5.75 Å². The Balaban J connectivity index is 2.98. The number of benzene rings is 1. The lowest BCUT2D eigenvalue weighted by Crippen LogP contribution is -1.93. The zero-order valence-electron chi connectivity index (χ0n) is 8.30. The minimum Gasteiger partial charge on any atom is -0.497 e. The summed E-state index contributed by atoms with van der Waals surface area (Å²) in [5.41, 5.74) is 1.20. The van der Waals surface area contributed by atoms with Crippen molar-refractivity contribution in [2.24, 2.45) is 0 Å². The van der Waals surface area contributed by atoms with Gasteiger partial charge < -0.3 is 4.74 Å². The third kappa shape index (κ3) is 2.38. The fraction of sp³-hybridized carbons (Fsp3) is 0.455. The summed E-state index contributed by atoms with van der Waals surface area (Å²) in [6, 6.07) is 5.85. The van der Waals surface area contributed by atoms with Crippen LogP contribution in [0.25, 0.3) is 0 Å². The van der Waals surface area contributed by atoms with Gasteiger partial charge in [-0.1, -0.05) is 31.5 Å². The highest BCUT2D eigenvalue weighted by molar-refractivity contribution is 6.31. The molecule has 0 bridgehead atoms. The van der Waals surface area contributed by atoms with Crippen LogP contribution in [0, 0.1) is 0 Å². The van der Waals surface area contributed by atoms with E-state index in [0.29, 0.717) is 5.92 Å². The Kier molecular flexibility index (Phi) is 3.61. The first-order chi connectivity index (χ1) is 6.19. The lowest BCUT2D eigenvalue weighted by atomic mass is 9.99. The number of ether oxygens (including phenoxy) is 1. The standard InChI is InChI=1S/C11H15ClO/c1-4-8(2)10-6-5-9(13-3)7-11(10)12/h5-8H,4H2,1-3H3. The highest BCUT2D eigenvalue weighted by Gasteiger charge is 2.07. The van der Waals surface area contributed by atoms with E-state index in [1.807, 2.05) is 18.2 Å². The third-order valence-electron chi connectivity index (χ3n) is 2.35. The number of halogens is 1. The predicted octanol–water partition coefficient (Wildman–Crippen LogP) is 3.86. The van der Waals surface area contributed by atoms with Gasteiger partial charge in [-0.2, -0.15) is 0 Å². The van der Waals surface area contributed by atoms with Crippen molar-refractivity contribution < 1.29 is 4.74 Å². The fourth-order valence-corrected chi connectivity index (χ4v) is 1.61. The average Bonchev–Trinajstić information content (AvgIpc) is 2.16. The average molecular weight is 199 g/mol. The first-order valence-corrected chi connectivity index (χ1v) is 4.90. The Labute approximate surface area is 84.7 Å². The minimum atomic E-state index is 0.512. The summed E-state index contributed by atoms with van der Waals surface area (Å²) in [4.78, 5) is 0. The lowest BCUT2D eigenvalue weighted by molar-refractivity contribution is 0.414. The van der Waals surface area contributed by atoms with E-state index in [1.54, 1.807) is 7.11 Å². The van der Waals surface area contributed by atoms with Crippen LogP contribution in [0.15, 0.2) is 18.2 Å². The highest BCUT2D eigenvalue weighted by Crippen LogP contribution is 2.29. The summed E-state index contributed by atoms with van der Waals surface area (Å²) in [5.74, 6) is 1.33. The minimum absolute atomic E-state index is 0.512. The van der Waals surface area contributed by atoms with Crippen LogP contribution >= 0.6 is 11.6 Å². The Hall–Kier alpha value is -0.690. The predicted molar refractivity (Wildman–Crippen MR) is 56.7 cm³/mol. The first kappa shape index (κ1) is 10.4. The van der Waals surface area contributed by atoms with E-state index < -0.39 is 0 Å². The zero-order chi connectivity index (χ0) is 9.84. The normalized spacial score (nSPS) is 12.6. The van der Waals surface area contributed by atoms with Gasteiger partial charge >= 0.3 is 0 Å². The van der Waals surface area contributed by atoms with Crippen LogP contribution in [-0.4, -0.2) is 7.11 Å². The molecule has 0 aliphatic rings. The molecule has 0 heterocycles. The zero-order valence-corrected chi connectivity index (χ0v) is 9.06. The van der Waals surface area contributed by atoms with E-state index in [9.17, 15) is 0 Å². The maximum absolute atomic E-state index is 6.10. The van der Waals surface area contributed by atoms with E-state index in [0.717, 1.165) is 17.2 Å². The second kappa shape index (κ2) is 4.52. The topological polar surface area (TPSA) is 9.23 Å². The van der Waals surface area contributed by atoms with Gasteiger partial charge in [-0.25, -0.2) is 0 Å². The molecule has 0 radical (unpaired) electrons. The number of rotatable bonds is 3. The Bertz CT molecular complexity index is 283. The van der Waals surface area contributed by atoms with Gasteiger partial charge in [-0.05, 0) is 30.0 Å². The molecule has 0 saturated heterocycles. The quantitative estimate of drug-likeness (QED) is 0.717. The van der Waals surface area contributed by atoms with Gasteiger partial charge in [0.1, 0.15) is 5.75 Å². The van der Waals surface area contributed by atoms with Gasteiger partial charge in [0.15, 0.2) is 0 Å². The molecular weight excluding hydrogens is 184 g/mol. The van der Waals surface area contributed by atoms with Crippen molar-refractivity contribution in [2.45, 2.75) is 26.2 Å². The highest BCUT2D eigenvalue weighted by atomic mass is 35.5. The van der Waals surface area contributed by atoms with E-state index in [4.69, 9.17) is 16.3 Å². The van der Waals surface area contributed by atoms with Crippen LogP contribution in [0.2, 0.25) is 5.02 Å². The summed E-state index contributed by atoms with van der Waals surface area (Å²) < 4.78 is 5.08. The molecule has 72 valence electrons. The van der Waals surface area contributed by atoms with Gasteiger partial charge in [0.05, 0.1) is 7.11 Å².